The number of nitrogens with zero attached hydrogens (tertiary/aromatic N) is 2. The van der Waals surface area contributed by atoms with Gasteiger partial charge in [-0.2, -0.15) is 5.26 Å². The van der Waals surface area contributed by atoms with E-state index in [4.69, 9.17) is 5.26 Å². The average Bonchev–Trinajstić information content (AvgIpc) is 2.29. The molecule has 2 rings (SSSR count). The van der Waals surface area contributed by atoms with E-state index in [2.05, 4.69) is 13.1 Å². The molecule has 3 atom stereocenters. The molecule has 2 nitrogen and oxygen atoms in total. The Labute approximate surface area is 99.8 Å². The highest BCUT2D eigenvalue weighted by molar-refractivity contribution is 4.80. The SMILES string of the molecule is C[N+]12CCCCC1[C@@H](CCCC#N)CCC2. The third-order valence-electron chi connectivity index (χ3n) is 4.87. The van der Waals surface area contributed by atoms with Gasteiger partial charge in [-0.1, -0.05) is 0 Å². The molecule has 2 unspecified atom stereocenters. The maximum absolute atomic E-state index is 8.62. The molecule has 90 valence electrons. The van der Waals surface area contributed by atoms with Gasteiger partial charge < -0.3 is 4.48 Å². The van der Waals surface area contributed by atoms with E-state index in [0.717, 1.165) is 24.8 Å². The molecule has 0 aliphatic carbocycles. The summed E-state index contributed by atoms with van der Waals surface area (Å²) >= 11 is 0. The molecule has 0 amide bonds. The second-order valence-electron chi connectivity index (χ2n) is 5.94. The molecule has 2 fully saturated rings. The van der Waals surface area contributed by atoms with Crippen molar-refractivity contribution in [1.82, 2.24) is 0 Å². The highest BCUT2D eigenvalue weighted by atomic mass is 15.4. The topological polar surface area (TPSA) is 23.8 Å². The van der Waals surface area contributed by atoms with Crippen LogP contribution in [-0.2, 0) is 0 Å². The van der Waals surface area contributed by atoms with Gasteiger partial charge in [0.05, 0.1) is 32.2 Å². The fraction of sp³-hybridized carbons (Fsp3) is 0.929. The van der Waals surface area contributed by atoms with Crippen LogP contribution in [0.25, 0.3) is 0 Å². The maximum atomic E-state index is 8.62. The van der Waals surface area contributed by atoms with Crippen LogP contribution in [0.3, 0.4) is 0 Å². The van der Waals surface area contributed by atoms with Crippen LogP contribution in [0, 0.1) is 17.2 Å². The van der Waals surface area contributed by atoms with Gasteiger partial charge in [-0.25, -0.2) is 0 Å². The molecule has 2 saturated heterocycles. The molecule has 2 aliphatic rings. The molecule has 0 bridgehead atoms. The smallest absolute Gasteiger partial charge is 0.0916 e. The third-order valence-corrected chi connectivity index (χ3v) is 4.87. The van der Waals surface area contributed by atoms with Gasteiger partial charge in [-0.3, -0.25) is 0 Å². The molecule has 0 aromatic heterocycles. The Balaban J connectivity index is 1.94. The summed E-state index contributed by atoms with van der Waals surface area (Å²) in [4.78, 5) is 0. The normalized spacial score (nSPS) is 38.8. The highest BCUT2D eigenvalue weighted by Gasteiger charge is 2.42. The summed E-state index contributed by atoms with van der Waals surface area (Å²) in [5.41, 5.74) is 0. The summed E-state index contributed by atoms with van der Waals surface area (Å²) in [5.74, 6) is 0.910. The van der Waals surface area contributed by atoms with Gasteiger partial charge in [0, 0.05) is 12.3 Å². The second kappa shape index (κ2) is 5.19. The van der Waals surface area contributed by atoms with E-state index in [0.29, 0.717) is 0 Å². The largest absolute Gasteiger partial charge is 0.323 e. The minimum atomic E-state index is 0.757. The van der Waals surface area contributed by atoms with E-state index in [1.807, 2.05) is 0 Å². The molecule has 0 aromatic carbocycles. The van der Waals surface area contributed by atoms with Crippen molar-refractivity contribution in [2.45, 2.75) is 57.4 Å². The quantitative estimate of drug-likeness (QED) is 0.531. The van der Waals surface area contributed by atoms with Crippen LogP contribution in [-0.4, -0.2) is 30.7 Å². The third kappa shape index (κ3) is 2.40. The fourth-order valence-electron chi connectivity index (χ4n) is 4.01. The Bertz CT molecular complexity index is 264. The van der Waals surface area contributed by atoms with Crippen LogP contribution >= 0.6 is 0 Å². The monoisotopic (exact) mass is 221 g/mol. The van der Waals surface area contributed by atoms with Crippen molar-refractivity contribution in [3.05, 3.63) is 0 Å². The molecule has 0 saturated carbocycles. The van der Waals surface area contributed by atoms with Gasteiger partial charge in [-0.05, 0) is 44.9 Å². The maximum Gasteiger partial charge on any atom is 0.0916 e. The van der Waals surface area contributed by atoms with E-state index in [1.54, 1.807) is 0 Å². The summed E-state index contributed by atoms with van der Waals surface area (Å²) in [6.45, 7) is 2.80. The van der Waals surface area contributed by atoms with Crippen LogP contribution < -0.4 is 0 Å². The Kier molecular flexibility index (Phi) is 3.86. The molecule has 0 aromatic rings. The zero-order valence-corrected chi connectivity index (χ0v) is 10.6. The van der Waals surface area contributed by atoms with Crippen molar-refractivity contribution in [3.63, 3.8) is 0 Å². The van der Waals surface area contributed by atoms with Crippen molar-refractivity contribution >= 4 is 0 Å². The number of piperidine rings is 2. The standard InChI is InChI=1S/C14H25N2/c1-16-11-5-3-9-14(16)13(8-6-12-16)7-2-4-10-15/h13-14H,2-9,11-12H2,1H3/q+1/t13-,14?,16?/m0/s1. The van der Waals surface area contributed by atoms with Gasteiger partial charge in [0.15, 0.2) is 0 Å². The predicted octanol–water partition coefficient (Wildman–Crippen LogP) is 3.09. The molecule has 2 aliphatic heterocycles. The lowest BCUT2D eigenvalue weighted by Gasteiger charge is -2.51. The molecule has 0 N–H and O–H groups in total. The average molecular weight is 221 g/mol. The van der Waals surface area contributed by atoms with Crippen molar-refractivity contribution in [1.29, 1.82) is 5.26 Å². The first kappa shape index (κ1) is 11.9. The van der Waals surface area contributed by atoms with Crippen LogP contribution in [0.5, 0.6) is 0 Å². The molecular weight excluding hydrogens is 196 g/mol. The molecule has 0 spiro atoms. The van der Waals surface area contributed by atoms with Crippen LogP contribution in [0.1, 0.15) is 51.4 Å². The Morgan fingerprint density at radius 1 is 1.19 bits per heavy atom. The van der Waals surface area contributed by atoms with Gasteiger partial charge in [0.1, 0.15) is 0 Å². The Morgan fingerprint density at radius 2 is 2.00 bits per heavy atom. The number of rotatable bonds is 3. The zero-order chi connectivity index (χ0) is 11.4. The first-order chi connectivity index (χ1) is 7.76. The van der Waals surface area contributed by atoms with Crippen LogP contribution in [0.15, 0.2) is 0 Å². The second-order valence-corrected chi connectivity index (χ2v) is 5.94. The molecule has 16 heavy (non-hydrogen) atoms. The van der Waals surface area contributed by atoms with Crippen LogP contribution in [0.2, 0.25) is 0 Å². The van der Waals surface area contributed by atoms with E-state index in [9.17, 15) is 0 Å². The fourth-order valence-corrected chi connectivity index (χ4v) is 4.01. The van der Waals surface area contributed by atoms with Gasteiger partial charge >= 0.3 is 0 Å². The van der Waals surface area contributed by atoms with Crippen molar-refractivity contribution in [3.8, 4) is 6.07 Å². The van der Waals surface area contributed by atoms with E-state index >= 15 is 0 Å². The number of fused-ring (bicyclic) bond motifs is 1. The first-order valence-electron chi connectivity index (χ1n) is 6.97. The molecule has 0 radical (unpaired) electrons. The van der Waals surface area contributed by atoms with Crippen molar-refractivity contribution in [2.24, 2.45) is 5.92 Å². The lowest BCUT2D eigenvalue weighted by molar-refractivity contribution is -0.947. The Morgan fingerprint density at radius 3 is 2.81 bits per heavy atom. The van der Waals surface area contributed by atoms with Crippen molar-refractivity contribution in [2.75, 3.05) is 20.1 Å². The number of quaternary nitrogens is 1. The van der Waals surface area contributed by atoms with E-state index in [-0.39, 0.29) is 0 Å². The summed E-state index contributed by atoms with van der Waals surface area (Å²) < 4.78 is 1.34. The number of unbranched alkanes of at least 4 members (excludes halogenated alkanes) is 1. The van der Waals surface area contributed by atoms with Crippen LogP contribution in [0.4, 0.5) is 0 Å². The summed E-state index contributed by atoms with van der Waals surface area (Å²) in [6, 6.07) is 3.20. The lowest BCUT2D eigenvalue weighted by Crippen LogP contribution is -2.60. The van der Waals surface area contributed by atoms with E-state index in [1.165, 1.54) is 56.1 Å². The number of hydrogen-bond donors (Lipinski definition) is 0. The lowest BCUT2D eigenvalue weighted by atomic mass is 9.79. The van der Waals surface area contributed by atoms with E-state index < -0.39 is 0 Å². The zero-order valence-electron chi connectivity index (χ0n) is 10.6. The number of hydrogen-bond acceptors (Lipinski definition) is 1. The first-order valence-corrected chi connectivity index (χ1v) is 6.97. The van der Waals surface area contributed by atoms with Crippen molar-refractivity contribution < 1.29 is 4.48 Å². The van der Waals surface area contributed by atoms with Gasteiger partial charge in [-0.15, -0.1) is 0 Å². The molecular formula is C14H25N2+. The molecule has 2 heteroatoms. The summed E-state index contributed by atoms with van der Waals surface area (Å²) in [7, 11) is 2.47. The predicted molar refractivity (Wildman–Crippen MR) is 65.7 cm³/mol. The van der Waals surface area contributed by atoms with Gasteiger partial charge in [0.2, 0.25) is 0 Å². The molecule has 2 heterocycles. The summed E-state index contributed by atoms with van der Waals surface area (Å²) in [5, 5.41) is 8.62. The highest BCUT2D eigenvalue weighted by Crippen LogP contribution is 2.38. The minimum absolute atomic E-state index is 0.757. The minimum Gasteiger partial charge on any atom is -0.323 e. The Hall–Kier alpha value is -0.550. The van der Waals surface area contributed by atoms with Gasteiger partial charge in [0.25, 0.3) is 0 Å². The summed E-state index contributed by atoms with van der Waals surface area (Å²) in [6.07, 6.45) is 10.3. The number of nitriles is 1.